The fraction of sp³-hybridized carbons (Fsp3) is 0.714. The van der Waals surface area contributed by atoms with E-state index in [9.17, 15) is 43.5 Å². The molecule has 17 nitrogen and oxygen atoms in total. The summed E-state index contributed by atoms with van der Waals surface area (Å²) in [6.45, 7) is 10.5. The molecule has 0 bridgehead atoms. The maximum Gasteiger partial charge on any atom is 0.326 e. The maximum atomic E-state index is 13.1. The van der Waals surface area contributed by atoms with E-state index in [4.69, 9.17) is 15.2 Å². The third-order valence-corrected chi connectivity index (χ3v) is 5.47. The van der Waals surface area contributed by atoms with Gasteiger partial charge in [-0.2, -0.15) is 0 Å². The number of aliphatic carboxylic acids is 1. The van der Waals surface area contributed by atoms with Crippen molar-refractivity contribution in [2.24, 2.45) is 5.73 Å². The molecule has 0 fully saturated rings. The highest BCUT2D eigenvalue weighted by Gasteiger charge is 2.29. The van der Waals surface area contributed by atoms with Crippen LogP contribution in [-0.4, -0.2) is 95.1 Å². The van der Waals surface area contributed by atoms with E-state index in [2.05, 4.69) is 26.6 Å². The Morgan fingerprint density at radius 3 is 1.60 bits per heavy atom. The Morgan fingerprint density at radius 2 is 1.18 bits per heavy atom. The van der Waals surface area contributed by atoms with E-state index in [0.29, 0.717) is 0 Å². The molecule has 0 radical (unpaired) electrons. The number of carbonyl (C=O) groups excluding carboxylic acids is 7. The number of hydrogen-bond donors (Lipinski definition) is 7. The molecule has 0 aliphatic rings. The Morgan fingerprint density at radius 1 is 0.689 bits per heavy atom. The zero-order valence-electron chi connectivity index (χ0n) is 27.0. The van der Waals surface area contributed by atoms with Gasteiger partial charge >= 0.3 is 23.9 Å². The van der Waals surface area contributed by atoms with Crippen LogP contribution in [0.3, 0.4) is 0 Å². The lowest BCUT2D eigenvalue weighted by atomic mass is 10.1. The second-order valence-electron chi connectivity index (χ2n) is 12.2. The molecule has 3 atom stereocenters. The summed E-state index contributed by atoms with van der Waals surface area (Å²) in [5.41, 5.74) is 3.37. The van der Waals surface area contributed by atoms with E-state index < -0.39 is 83.4 Å². The van der Waals surface area contributed by atoms with Gasteiger partial charge in [0.15, 0.2) is 0 Å². The third kappa shape index (κ3) is 21.0. The van der Waals surface area contributed by atoms with Gasteiger partial charge < -0.3 is 46.9 Å². The zero-order chi connectivity index (χ0) is 35.0. The number of amides is 6. The Hall–Kier alpha value is -4.44. The highest BCUT2D eigenvalue weighted by atomic mass is 16.6. The number of carboxylic acid groups (broad SMARTS) is 1. The minimum Gasteiger partial charge on any atom is -0.480 e. The number of carbonyl (C=O) groups is 8. The summed E-state index contributed by atoms with van der Waals surface area (Å²) in [5, 5.41) is 21.1. The van der Waals surface area contributed by atoms with Crippen molar-refractivity contribution < 1.29 is 52.9 Å². The molecule has 0 heterocycles. The van der Waals surface area contributed by atoms with Gasteiger partial charge in [-0.15, -0.1) is 0 Å². The third-order valence-electron chi connectivity index (χ3n) is 5.47. The van der Waals surface area contributed by atoms with Crippen LogP contribution < -0.4 is 32.3 Å². The molecular formula is C28H48N6O11. The number of urea groups is 1. The average Bonchev–Trinajstić information content (AvgIpc) is 2.86. The first kappa shape index (κ1) is 40.6. The summed E-state index contributed by atoms with van der Waals surface area (Å²) in [6.07, 6.45) is -0.794. The SMILES string of the molecule is CC(=O)N[C@@H](CCC(=O)OC(C)(C)C)C(=O)N[C@@H](CCC(=O)OC(C)(C)C)C(=O)NCC(=O)N[C@@H](CCCNC(N)=O)C(=O)O. The van der Waals surface area contributed by atoms with Crippen molar-refractivity contribution in [1.82, 2.24) is 26.6 Å². The summed E-state index contributed by atoms with van der Waals surface area (Å²) in [4.78, 5) is 97.1. The van der Waals surface area contributed by atoms with Gasteiger partial charge in [0.05, 0.1) is 6.54 Å². The van der Waals surface area contributed by atoms with Crippen LogP contribution in [0.4, 0.5) is 4.79 Å². The molecule has 0 aromatic heterocycles. The maximum absolute atomic E-state index is 13.1. The number of nitrogens with two attached hydrogens (primary N) is 1. The molecule has 256 valence electrons. The van der Waals surface area contributed by atoms with Crippen LogP contribution in [0, 0.1) is 0 Å². The first-order valence-corrected chi connectivity index (χ1v) is 14.4. The monoisotopic (exact) mass is 644 g/mol. The first-order valence-electron chi connectivity index (χ1n) is 14.4. The Kier molecular flexibility index (Phi) is 17.2. The summed E-state index contributed by atoms with van der Waals surface area (Å²) >= 11 is 0. The van der Waals surface area contributed by atoms with Gasteiger partial charge in [-0.05, 0) is 67.2 Å². The van der Waals surface area contributed by atoms with Crippen LogP contribution in [0.15, 0.2) is 0 Å². The molecule has 0 aliphatic heterocycles. The van der Waals surface area contributed by atoms with Crippen LogP contribution in [-0.2, 0) is 43.0 Å². The Labute approximate surface area is 262 Å². The standard InChI is InChI=1S/C28H48N6O11/c1-16(35)32-18(11-13-22(38)45-28(5,6)7)24(40)34-17(10-12-21(37)44-27(2,3)4)23(39)31-15-20(36)33-19(25(41)42)9-8-14-30-26(29)43/h17-19H,8-15H2,1-7H3,(H,31,39)(H,32,35)(H,33,36)(H,34,40)(H,41,42)(H3,29,30,43)/t17-,18-,19-/m0/s1. The normalized spacial score (nSPS) is 13.2. The number of esters is 2. The molecule has 17 heteroatoms. The highest BCUT2D eigenvalue weighted by molar-refractivity contribution is 5.94. The van der Waals surface area contributed by atoms with E-state index in [-0.39, 0.29) is 45.1 Å². The summed E-state index contributed by atoms with van der Waals surface area (Å²) in [6, 6.07) is -4.73. The fourth-order valence-corrected chi connectivity index (χ4v) is 3.68. The van der Waals surface area contributed by atoms with Gasteiger partial charge in [0, 0.05) is 26.3 Å². The minimum atomic E-state index is -1.38. The van der Waals surface area contributed by atoms with E-state index in [0.717, 1.165) is 6.92 Å². The van der Waals surface area contributed by atoms with Crippen molar-refractivity contribution in [2.75, 3.05) is 13.1 Å². The predicted molar refractivity (Wildman–Crippen MR) is 159 cm³/mol. The summed E-state index contributed by atoms with van der Waals surface area (Å²) in [5.74, 6) is -5.77. The van der Waals surface area contributed by atoms with Gasteiger partial charge in [0.25, 0.3) is 0 Å². The van der Waals surface area contributed by atoms with E-state index in [1.54, 1.807) is 41.5 Å². The first-order chi connectivity index (χ1) is 20.6. The number of ether oxygens (including phenoxy) is 2. The Bertz CT molecular complexity index is 1080. The van der Waals surface area contributed by atoms with E-state index in [1.807, 2.05) is 0 Å². The molecule has 8 N–H and O–H groups in total. The number of hydrogen-bond acceptors (Lipinski definition) is 10. The predicted octanol–water partition coefficient (Wildman–Crippen LogP) is -0.646. The number of carboxylic acids is 1. The highest BCUT2D eigenvalue weighted by Crippen LogP contribution is 2.12. The van der Waals surface area contributed by atoms with Crippen molar-refractivity contribution in [1.29, 1.82) is 0 Å². The lowest BCUT2D eigenvalue weighted by Crippen LogP contribution is -2.55. The molecule has 0 aromatic carbocycles. The summed E-state index contributed by atoms with van der Waals surface area (Å²) < 4.78 is 10.5. The van der Waals surface area contributed by atoms with Crippen molar-refractivity contribution in [2.45, 2.75) is 116 Å². The molecule has 0 spiro atoms. The van der Waals surface area contributed by atoms with Crippen LogP contribution in [0.2, 0.25) is 0 Å². The van der Waals surface area contributed by atoms with Crippen molar-refractivity contribution in [3.63, 3.8) is 0 Å². The van der Waals surface area contributed by atoms with Crippen LogP contribution >= 0.6 is 0 Å². The van der Waals surface area contributed by atoms with Crippen LogP contribution in [0.5, 0.6) is 0 Å². The smallest absolute Gasteiger partial charge is 0.326 e. The van der Waals surface area contributed by atoms with Gasteiger partial charge in [0.2, 0.25) is 23.6 Å². The summed E-state index contributed by atoms with van der Waals surface area (Å²) in [7, 11) is 0. The van der Waals surface area contributed by atoms with E-state index in [1.165, 1.54) is 0 Å². The van der Waals surface area contributed by atoms with Crippen LogP contribution in [0.25, 0.3) is 0 Å². The lowest BCUT2D eigenvalue weighted by Gasteiger charge is -2.24. The van der Waals surface area contributed by atoms with Crippen molar-refractivity contribution in [3.8, 4) is 0 Å². The molecule has 0 saturated heterocycles. The molecule has 45 heavy (non-hydrogen) atoms. The van der Waals surface area contributed by atoms with E-state index >= 15 is 0 Å². The minimum absolute atomic E-state index is 0.0439. The molecule has 0 unspecified atom stereocenters. The quantitative estimate of drug-likeness (QED) is 0.0728. The molecular weight excluding hydrogens is 596 g/mol. The van der Waals surface area contributed by atoms with Crippen LogP contribution in [0.1, 0.15) is 87.0 Å². The average molecular weight is 645 g/mol. The molecule has 6 amide bonds. The van der Waals surface area contributed by atoms with Gasteiger partial charge in [-0.1, -0.05) is 0 Å². The Balaban J connectivity index is 5.57. The number of nitrogens with one attached hydrogen (secondary N) is 5. The van der Waals surface area contributed by atoms with Crippen molar-refractivity contribution >= 4 is 47.6 Å². The van der Waals surface area contributed by atoms with Crippen molar-refractivity contribution in [3.05, 3.63) is 0 Å². The second-order valence-corrected chi connectivity index (χ2v) is 12.2. The molecule has 0 aromatic rings. The lowest BCUT2D eigenvalue weighted by molar-refractivity contribution is -0.156. The molecule has 0 rings (SSSR count). The molecule has 0 aliphatic carbocycles. The van der Waals surface area contributed by atoms with Gasteiger partial charge in [0.1, 0.15) is 29.3 Å². The van der Waals surface area contributed by atoms with Gasteiger partial charge in [-0.25, -0.2) is 9.59 Å². The van der Waals surface area contributed by atoms with Gasteiger partial charge in [-0.3, -0.25) is 28.8 Å². The topological polar surface area (TPSA) is 261 Å². The fourth-order valence-electron chi connectivity index (χ4n) is 3.68. The number of primary amides is 1. The largest absolute Gasteiger partial charge is 0.480 e. The number of rotatable bonds is 18. The zero-order valence-corrected chi connectivity index (χ0v) is 27.0. The molecule has 0 saturated carbocycles. The second kappa shape index (κ2) is 19.1.